The van der Waals surface area contributed by atoms with Crippen LogP contribution in [0, 0.1) is 0 Å². The Balaban J connectivity index is 2.32. The first kappa shape index (κ1) is 15.5. The smallest absolute Gasteiger partial charge is 0.387 e. The molecular formula is C15H19F2NO3. The number of hydrogen-bond donors (Lipinski definition) is 1. The fraction of sp³-hybridized carbons (Fsp3) is 0.533. The van der Waals surface area contributed by atoms with E-state index in [0.29, 0.717) is 24.8 Å². The van der Waals surface area contributed by atoms with Gasteiger partial charge in [0.2, 0.25) is 5.91 Å². The Labute approximate surface area is 122 Å². The Morgan fingerprint density at radius 2 is 2.19 bits per heavy atom. The molecule has 4 nitrogen and oxygen atoms in total. The Bertz CT molecular complexity index is 522. The molecule has 2 rings (SSSR count). The highest BCUT2D eigenvalue weighted by molar-refractivity contribution is 5.79. The van der Waals surface area contributed by atoms with Crippen LogP contribution < -0.4 is 14.8 Å². The average Bonchev–Trinajstić information content (AvgIpc) is 2.82. The van der Waals surface area contributed by atoms with Crippen LogP contribution in [0.1, 0.15) is 31.7 Å². The van der Waals surface area contributed by atoms with Crippen molar-refractivity contribution in [2.24, 2.45) is 0 Å². The van der Waals surface area contributed by atoms with Crippen molar-refractivity contribution in [3.8, 4) is 11.5 Å². The van der Waals surface area contributed by atoms with Crippen LogP contribution in [0.3, 0.4) is 0 Å². The molecule has 1 saturated heterocycles. The van der Waals surface area contributed by atoms with Gasteiger partial charge in [-0.15, -0.1) is 0 Å². The standard InChI is InChI=1S/C15H19F2NO3/c1-3-15(8-7-12(19)18-15)9-10-5-4-6-11(20-2)13(10)21-14(16)17/h4-6,14H,3,7-9H2,1-2H3,(H,18,19). The summed E-state index contributed by atoms with van der Waals surface area (Å²) in [6.07, 6.45) is 2.31. The van der Waals surface area contributed by atoms with Gasteiger partial charge >= 0.3 is 6.61 Å². The van der Waals surface area contributed by atoms with Gasteiger partial charge in [-0.2, -0.15) is 8.78 Å². The Morgan fingerprint density at radius 1 is 1.43 bits per heavy atom. The van der Waals surface area contributed by atoms with Gasteiger partial charge in [-0.25, -0.2) is 0 Å². The van der Waals surface area contributed by atoms with Crippen molar-refractivity contribution in [2.75, 3.05) is 7.11 Å². The van der Waals surface area contributed by atoms with Gasteiger partial charge in [0, 0.05) is 17.5 Å². The number of amides is 1. The van der Waals surface area contributed by atoms with Crippen LogP contribution in [0.25, 0.3) is 0 Å². The van der Waals surface area contributed by atoms with Gasteiger partial charge < -0.3 is 14.8 Å². The zero-order valence-electron chi connectivity index (χ0n) is 12.1. The van der Waals surface area contributed by atoms with Gasteiger partial charge in [0.05, 0.1) is 7.11 Å². The van der Waals surface area contributed by atoms with E-state index in [2.05, 4.69) is 10.1 Å². The summed E-state index contributed by atoms with van der Waals surface area (Å²) in [5, 5.41) is 2.96. The summed E-state index contributed by atoms with van der Waals surface area (Å²) in [7, 11) is 1.41. The number of carbonyl (C=O) groups excluding carboxylic acids is 1. The van der Waals surface area contributed by atoms with Crippen molar-refractivity contribution in [3.63, 3.8) is 0 Å². The average molecular weight is 299 g/mol. The lowest BCUT2D eigenvalue weighted by atomic mass is 9.86. The number of rotatable bonds is 6. The van der Waals surface area contributed by atoms with Crippen LogP contribution in [0.15, 0.2) is 18.2 Å². The van der Waals surface area contributed by atoms with Crippen LogP contribution in [-0.2, 0) is 11.2 Å². The number of carbonyl (C=O) groups is 1. The number of para-hydroxylation sites is 1. The van der Waals surface area contributed by atoms with E-state index in [1.54, 1.807) is 18.2 Å². The molecular weight excluding hydrogens is 280 g/mol. The molecule has 0 radical (unpaired) electrons. The van der Waals surface area contributed by atoms with Crippen LogP contribution in [0.2, 0.25) is 0 Å². The summed E-state index contributed by atoms with van der Waals surface area (Å²) < 4.78 is 35.0. The molecule has 1 heterocycles. The number of ether oxygens (including phenoxy) is 2. The molecule has 1 atom stereocenters. The fourth-order valence-corrected chi connectivity index (χ4v) is 2.74. The Kier molecular flexibility index (Phi) is 4.65. The van der Waals surface area contributed by atoms with Gasteiger partial charge in [-0.1, -0.05) is 19.1 Å². The second kappa shape index (κ2) is 6.28. The highest BCUT2D eigenvalue weighted by Gasteiger charge is 2.37. The summed E-state index contributed by atoms with van der Waals surface area (Å²) in [6, 6.07) is 5.03. The Hall–Kier alpha value is -1.85. The van der Waals surface area contributed by atoms with E-state index in [9.17, 15) is 13.6 Å². The molecule has 0 spiro atoms. The molecule has 1 N–H and O–H groups in total. The zero-order valence-corrected chi connectivity index (χ0v) is 12.1. The molecule has 21 heavy (non-hydrogen) atoms. The summed E-state index contributed by atoms with van der Waals surface area (Å²) in [4.78, 5) is 11.5. The minimum atomic E-state index is -2.92. The molecule has 1 fully saturated rings. The highest BCUT2D eigenvalue weighted by atomic mass is 19.3. The maximum absolute atomic E-state index is 12.6. The third kappa shape index (κ3) is 3.43. The van der Waals surface area contributed by atoms with Crippen molar-refractivity contribution >= 4 is 5.91 Å². The van der Waals surface area contributed by atoms with Gasteiger partial charge in [0.1, 0.15) is 0 Å². The highest BCUT2D eigenvalue weighted by Crippen LogP contribution is 2.37. The molecule has 0 saturated carbocycles. The first-order valence-corrected chi connectivity index (χ1v) is 6.91. The first-order valence-electron chi connectivity index (χ1n) is 6.91. The molecule has 116 valence electrons. The topological polar surface area (TPSA) is 47.6 Å². The molecule has 6 heteroatoms. The lowest BCUT2D eigenvalue weighted by molar-refractivity contribution is -0.119. The maximum Gasteiger partial charge on any atom is 0.387 e. The molecule has 0 aromatic heterocycles. The quantitative estimate of drug-likeness (QED) is 0.878. The van der Waals surface area contributed by atoms with E-state index >= 15 is 0 Å². The lowest BCUT2D eigenvalue weighted by Crippen LogP contribution is -2.43. The van der Waals surface area contributed by atoms with E-state index in [4.69, 9.17) is 4.74 Å². The second-order valence-corrected chi connectivity index (χ2v) is 5.19. The summed E-state index contributed by atoms with van der Waals surface area (Å²) >= 11 is 0. The third-order valence-electron chi connectivity index (χ3n) is 3.93. The number of nitrogens with one attached hydrogen (secondary N) is 1. The van der Waals surface area contributed by atoms with E-state index in [0.717, 1.165) is 6.42 Å². The van der Waals surface area contributed by atoms with Gasteiger partial charge in [0.25, 0.3) is 0 Å². The van der Waals surface area contributed by atoms with E-state index in [1.807, 2.05) is 6.92 Å². The predicted octanol–water partition coefficient (Wildman–Crippen LogP) is 2.90. The SMILES string of the molecule is CCC1(Cc2cccc(OC)c2OC(F)F)CCC(=O)N1. The van der Waals surface area contributed by atoms with Crippen molar-refractivity contribution < 1.29 is 23.0 Å². The summed E-state index contributed by atoms with van der Waals surface area (Å²) in [5.41, 5.74) is 0.211. The minimum Gasteiger partial charge on any atom is -0.493 e. The fourth-order valence-electron chi connectivity index (χ4n) is 2.74. The number of methoxy groups -OCH3 is 1. The second-order valence-electron chi connectivity index (χ2n) is 5.19. The number of benzene rings is 1. The lowest BCUT2D eigenvalue weighted by Gasteiger charge is -2.29. The van der Waals surface area contributed by atoms with E-state index < -0.39 is 12.2 Å². The van der Waals surface area contributed by atoms with Crippen LogP contribution >= 0.6 is 0 Å². The molecule has 1 amide bonds. The largest absolute Gasteiger partial charge is 0.493 e. The molecule has 1 aromatic carbocycles. The van der Waals surface area contributed by atoms with Crippen molar-refractivity contribution in [1.82, 2.24) is 5.32 Å². The van der Waals surface area contributed by atoms with Crippen molar-refractivity contribution in [3.05, 3.63) is 23.8 Å². The van der Waals surface area contributed by atoms with Crippen LogP contribution in [0.4, 0.5) is 8.78 Å². The molecule has 1 aliphatic rings. The number of hydrogen-bond acceptors (Lipinski definition) is 3. The van der Waals surface area contributed by atoms with Crippen molar-refractivity contribution in [2.45, 2.75) is 44.8 Å². The first-order chi connectivity index (χ1) is 9.99. The number of halogens is 2. The van der Waals surface area contributed by atoms with E-state index in [-0.39, 0.29) is 17.4 Å². The minimum absolute atomic E-state index is 0.00364. The molecule has 1 aliphatic heterocycles. The Morgan fingerprint density at radius 3 is 2.71 bits per heavy atom. The summed E-state index contributed by atoms with van der Waals surface area (Å²) in [6.45, 7) is -0.949. The van der Waals surface area contributed by atoms with Crippen LogP contribution in [0.5, 0.6) is 11.5 Å². The predicted molar refractivity (Wildman–Crippen MR) is 73.7 cm³/mol. The van der Waals surface area contributed by atoms with Gasteiger partial charge in [-0.05, 0) is 25.3 Å². The monoisotopic (exact) mass is 299 g/mol. The zero-order chi connectivity index (χ0) is 15.5. The van der Waals surface area contributed by atoms with E-state index in [1.165, 1.54) is 7.11 Å². The van der Waals surface area contributed by atoms with Gasteiger partial charge in [-0.3, -0.25) is 4.79 Å². The normalized spacial score (nSPS) is 21.5. The molecule has 1 unspecified atom stereocenters. The van der Waals surface area contributed by atoms with Crippen LogP contribution in [-0.4, -0.2) is 25.2 Å². The molecule has 1 aromatic rings. The number of alkyl halides is 2. The maximum atomic E-state index is 12.6. The molecule has 0 aliphatic carbocycles. The summed E-state index contributed by atoms with van der Waals surface area (Å²) in [5.74, 6) is 0.309. The molecule has 0 bridgehead atoms. The van der Waals surface area contributed by atoms with Gasteiger partial charge in [0.15, 0.2) is 11.5 Å². The van der Waals surface area contributed by atoms with Crippen molar-refractivity contribution in [1.29, 1.82) is 0 Å². The third-order valence-corrected chi connectivity index (χ3v) is 3.93.